The first kappa shape index (κ1) is 8.72. The van der Waals surface area contributed by atoms with Crippen LogP contribution in [-0.4, -0.2) is 36.9 Å². The third-order valence-corrected chi connectivity index (χ3v) is 3.63. The summed E-state index contributed by atoms with van der Waals surface area (Å²) in [5.74, 6) is 1.56. The summed E-state index contributed by atoms with van der Waals surface area (Å²) in [7, 11) is 0. The molecule has 0 spiro atoms. The van der Waals surface area contributed by atoms with Gasteiger partial charge in [-0.1, -0.05) is 5.16 Å². The number of oxime groups is 1. The van der Waals surface area contributed by atoms with E-state index in [1.165, 1.54) is 44.5 Å². The van der Waals surface area contributed by atoms with E-state index in [0.717, 1.165) is 25.0 Å². The first-order chi connectivity index (χ1) is 6.92. The van der Waals surface area contributed by atoms with Crippen LogP contribution in [-0.2, 0) is 4.84 Å². The fourth-order valence-corrected chi connectivity index (χ4v) is 2.40. The lowest BCUT2D eigenvalue weighted by molar-refractivity contribution is 0.121. The van der Waals surface area contributed by atoms with Gasteiger partial charge in [-0.05, 0) is 44.7 Å². The van der Waals surface area contributed by atoms with Gasteiger partial charge in [-0.15, -0.1) is 0 Å². The van der Waals surface area contributed by atoms with E-state index in [2.05, 4.69) is 10.1 Å². The molecule has 3 heterocycles. The van der Waals surface area contributed by atoms with E-state index in [9.17, 15) is 0 Å². The fraction of sp³-hybridized carbons (Fsp3) is 0.909. The molecular weight excluding hydrogens is 176 g/mol. The Morgan fingerprint density at radius 3 is 2.57 bits per heavy atom. The molecule has 0 atom stereocenters. The van der Waals surface area contributed by atoms with Gasteiger partial charge < -0.3 is 4.84 Å². The van der Waals surface area contributed by atoms with Gasteiger partial charge in [0, 0.05) is 12.5 Å². The zero-order valence-electron chi connectivity index (χ0n) is 8.61. The van der Waals surface area contributed by atoms with Crippen LogP contribution in [0.1, 0.15) is 25.7 Å². The van der Waals surface area contributed by atoms with Crippen molar-refractivity contribution in [2.24, 2.45) is 17.0 Å². The second kappa shape index (κ2) is 3.54. The summed E-state index contributed by atoms with van der Waals surface area (Å²) in [5.41, 5.74) is 1.31. The molecule has 78 valence electrons. The van der Waals surface area contributed by atoms with E-state index < -0.39 is 0 Å². The Morgan fingerprint density at radius 2 is 2.00 bits per heavy atom. The van der Waals surface area contributed by atoms with Crippen LogP contribution in [0.25, 0.3) is 0 Å². The van der Waals surface area contributed by atoms with Crippen molar-refractivity contribution in [2.45, 2.75) is 25.7 Å². The van der Waals surface area contributed by atoms with Gasteiger partial charge in [-0.3, -0.25) is 4.90 Å². The molecule has 14 heavy (non-hydrogen) atoms. The third kappa shape index (κ3) is 1.78. The van der Waals surface area contributed by atoms with Crippen molar-refractivity contribution in [2.75, 3.05) is 26.2 Å². The van der Waals surface area contributed by atoms with Crippen molar-refractivity contribution in [1.82, 2.24) is 4.90 Å². The smallest absolute Gasteiger partial charge is 0.120 e. The summed E-state index contributed by atoms with van der Waals surface area (Å²) in [5, 5.41) is 4.32. The number of hydrogen-bond acceptors (Lipinski definition) is 3. The average Bonchev–Trinajstić information content (AvgIpc) is 3.04. The first-order valence-corrected chi connectivity index (χ1v) is 5.83. The predicted molar refractivity (Wildman–Crippen MR) is 55.3 cm³/mol. The van der Waals surface area contributed by atoms with E-state index >= 15 is 0 Å². The van der Waals surface area contributed by atoms with Crippen LogP contribution in [0.2, 0.25) is 0 Å². The summed E-state index contributed by atoms with van der Waals surface area (Å²) in [6.07, 6.45) is 5.29. The Morgan fingerprint density at radius 1 is 1.21 bits per heavy atom. The van der Waals surface area contributed by atoms with Crippen molar-refractivity contribution in [3.63, 3.8) is 0 Å². The van der Waals surface area contributed by atoms with Crippen LogP contribution in [0.5, 0.6) is 0 Å². The summed E-state index contributed by atoms with van der Waals surface area (Å²) in [6.45, 7) is 4.46. The lowest BCUT2D eigenvalue weighted by Gasteiger charge is -2.39. The second-order valence-corrected chi connectivity index (χ2v) is 4.87. The summed E-state index contributed by atoms with van der Waals surface area (Å²) >= 11 is 0. The van der Waals surface area contributed by atoms with E-state index in [0.29, 0.717) is 0 Å². The molecule has 4 fully saturated rings. The lowest BCUT2D eigenvalue weighted by Crippen LogP contribution is -2.47. The van der Waals surface area contributed by atoms with Gasteiger partial charge in [-0.25, -0.2) is 0 Å². The molecule has 0 aromatic carbocycles. The van der Waals surface area contributed by atoms with Crippen LogP contribution in [0, 0.1) is 11.8 Å². The summed E-state index contributed by atoms with van der Waals surface area (Å²) in [6, 6.07) is 0. The highest BCUT2D eigenvalue weighted by atomic mass is 16.6. The Bertz CT molecular complexity index is 240. The number of rotatable bonds is 3. The monoisotopic (exact) mass is 194 g/mol. The second-order valence-electron chi connectivity index (χ2n) is 4.87. The molecule has 3 heteroatoms. The van der Waals surface area contributed by atoms with Crippen LogP contribution < -0.4 is 0 Å². The molecule has 0 radical (unpaired) electrons. The van der Waals surface area contributed by atoms with Crippen LogP contribution >= 0.6 is 0 Å². The van der Waals surface area contributed by atoms with Crippen molar-refractivity contribution < 1.29 is 4.84 Å². The van der Waals surface area contributed by atoms with Gasteiger partial charge in [0.1, 0.15) is 6.61 Å². The Kier molecular flexibility index (Phi) is 2.20. The van der Waals surface area contributed by atoms with Crippen LogP contribution in [0.15, 0.2) is 5.16 Å². The Balaban J connectivity index is 1.55. The van der Waals surface area contributed by atoms with Gasteiger partial charge in [0.25, 0.3) is 0 Å². The van der Waals surface area contributed by atoms with Crippen molar-refractivity contribution >= 4 is 5.71 Å². The molecule has 4 aliphatic rings. The summed E-state index contributed by atoms with van der Waals surface area (Å²) < 4.78 is 0. The molecule has 3 aliphatic heterocycles. The van der Waals surface area contributed by atoms with E-state index in [1.807, 2.05) is 0 Å². The molecule has 0 aromatic heterocycles. The van der Waals surface area contributed by atoms with Gasteiger partial charge in [0.15, 0.2) is 0 Å². The molecular formula is C11H18N2O. The quantitative estimate of drug-likeness (QED) is 0.636. The molecule has 1 aliphatic carbocycles. The molecule has 0 N–H and O–H groups in total. The number of hydrogen-bond donors (Lipinski definition) is 0. The Labute approximate surface area is 85.1 Å². The third-order valence-electron chi connectivity index (χ3n) is 3.63. The zero-order chi connectivity index (χ0) is 9.38. The molecule has 3 nitrogen and oxygen atoms in total. The van der Waals surface area contributed by atoms with Gasteiger partial charge in [0.2, 0.25) is 0 Å². The SMILES string of the molecule is C1CC1CON=C1CN2CCC1CC2. The van der Waals surface area contributed by atoms with E-state index in [-0.39, 0.29) is 0 Å². The van der Waals surface area contributed by atoms with Gasteiger partial charge in [0.05, 0.1) is 5.71 Å². The van der Waals surface area contributed by atoms with Crippen molar-refractivity contribution in [1.29, 1.82) is 0 Å². The van der Waals surface area contributed by atoms with Crippen LogP contribution in [0.4, 0.5) is 0 Å². The zero-order valence-corrected chi connectivity index (χ0v) is 8.61. The fourth-order valence-electron chi connectivity index (χ4n) is 2.40. The predicted octanol–water partition coefficient (Wildman–Crippen LogP) is 1.49. The molecule has 3 saturated heterocycles. The minimum absolute atomic E-state index is 0.735. The van der Waals surface area contributed by atoms with Crippen LogP contribution in [0.3, 0.4) is 0 Å². The highest BCUT2D eigenvalue weighted by molar-refractivity contribution is 5.89. The molecule has 4 rings (SSSR count). The average molecular weight is 194 g/mol. The maximum Gasteiger partial charge on any atom is 0.120 e. The standard InChI is InChI=1S/C11H18N2O/c1-2-9(1)8-14-12-11-7-13-5-3-10(11)4-6-13/h9-10H,1-8H2. The lowest BCUT2D eigenvalue weighted by atomic mass is 9.87. The first-order valence-electron chi connectivity index (χ1n) is 5.83. The maximum atomic E-state index is 5.41. The molecule has 1 saturated carbocycles. The maximum absolute atomic E-state index is 5.41. The largest absolute Gasteiger partial charge is 0.396 e. The minimum Gasteiger partial charge on any atom is -0.396 e. The topological polar surface area (TPSA) is 24.8 Å². The molecule has 2 bridgehead atoms. The molecule has 0 amide bonds. The van der Waals surface area contributed by atoms with Crippen molar-refractivity contribution in [3.05, 3.63) is 0 Å². The molecule has 0 unspecified atom stereocenters. The number of nitrogens with zero attached hydrogens (tertiary/aromatic N) is 2. The minimum atomic E-state index is 0.735. The number of fused-ring (bicyclic) bond motifs is 3. The Hall–Kier alpha value is -0.570. The molecule has 0 aromatic rings. The highest BCUT2D eigenvalue weighted by Crippen LogP contribution is 2.29. The number of piperidine rings is 3. The van der Waals surface area contributed by atoms with E-state index in [4.69, 9.17) is 4.84 Å². The highest BCUT2D eigenvalue weighted by Gasteiger charge is 2.31. The van der Waals surface area contributed by atoms with Gasteiger partial charge in [-0.2, -0.15) is 0 Å². The van der Waals surface area contributed by atoms with Crippen molar-refractivity contribution in [3.8, 4) is 0 Å². The normalized spacial score (nSPS) is 39.0. The summed E-state index contributed by atoms with van der Waals surface area (Å²) in [4.78, 5) is 7.90. The van der Waals surface area contributed by atoms with E-state index in [1.54, 1.807) is 0 Å². The van der Waals surface area contributed by atoms with Gasteiger partial charge >= 0.3 is 0 Å².